The molecule has 1 aromatic heterocycles. The Labute approximate surface area is 116 Å². The van der Waals surface area contributed by atoms with Crippen LogP contribution < -0.4 is 10.5 Å². The van der Waals surface area contributed by atoms with Crippen molar-refractivity contribution in [3.05, 3.63) is 35.3 Å². The molecular formula is C12H15FN4O2S. The first-order valence-electron chi connectivity index (χ1n) is 5.79. The number of rotatable bonds is 3. The Balaban J connectivity index is 2.52. The molecule has 3 N–H and O–H groups in total. The van der Waals surface area contributed by atoms with Crippen LogP contribution in [0.1, 0.15) is 11.1 Å². The molecule has 20 heavy (non-hydrogen) atoms. The fourth-order valence-corrected chi connectivity index (χ4v) is 3.65. The smallest absolute Gasteiger partial charge is 0.263 e. The van der Waals surface area contributed by atoms with Gasteiger partial charge in [-0.2, -0.15) is 5.10 Å². The summed E-state index contributed by atoms with van der Waals surface area (Å²) in [6, 6.07) is 2.35. The van der Waals surface area contributed by atoms with Crippen molar-refractivity contribution in [1.82, 2.24) is 9.78 Å². The SMILES string of the molecule is Cc1cc(F)cc(C)c1S(=O)(=O)Nc1c(N)cnn1C. The third kappa shape index (κ3) is 2.46. The van der Waals surface area contributed by atoms with Crippen molar-refractivity contribution in [2.24, 2.45) is 7.05 Å². The van der Waals surface area contributed by atoms with Crippen LogP contribution in [0.4, 0.5) is 15.9 Å². The molecule has 0 aliphatic carbocycles. The lowest BCUT2D eigenvalue weighted by Crippen LogP contribution is -2.18. The summed E-state index contributed by atoms with van der Waals surface area (Å²) in [5, 5.41) is 3.86. The Morgan fingerprint density at radius 1 is 1.30 bits per heavy atom. The highest BCUT2D eigenvalue weighted by Gasteiger charge is 2.22. The van der Waals surface area contributed by atoms with Gasteiger partial charge in [0.05, 0.1) is 16.8 Å². The van der Waals surface area contributed by atoms with Crippen LogP contribution in [0.2, 0.25) is 0 Å². The molecule has 0 bridgehead atoms. The van der Waals surface area contributed by atoms with Crippen molar-refractivity contribution < 1.29 is 12.8 Å². The van der Waals surface area contributed by atoms with Crippen LogP contribution in [0.25, 0.3) is 0 Å². The second-order valence-electron chi connectivity index (χ2n) is 4.55. The van der Waals surface area contributed by atoms with E-state index in [4.69, 9.17) is 5.73 Å². The van der Waals surface area contributed by atoms with Gasteiger partial charge in [0.15, 0.2) is 5.82 Å². The molecule has 0 aliphatic heterocycles. The summed E-state index contributed by atoms with van der Waals surface area (Å²) in [7, 11) is -2.30. The van der Waals surface area contributed by atoms with E-state index in [2.05, 4.69) is 9.82 Å². The summed E-state index contributed by atoms with van der Waals surface area (Å²) in [6.45, 7) is 3.08. The zero-order chi connectivity index (χ0) is 15.1. The Morgan fingerprint density at radius 3 is 2.30 bits per heavy atom. The molecule has 6 nitrogen and oxygen atoms in total. The first-order chi connectivity index (χ1) is 9.22. The van der Waals surface area contributed by atoms with Crippen LogP contribution in [-0.4, -0.2) is 18.2 Å². The Hall–Kier alpha value is -2.09. The van der Waals surface area contributed by atoms with Crippen molar-refractivity contribution >= 4 is 21.5 Å². The molecule has 0 radical (unpaired) electrons. The van der Waals surface area contributed by atoms with E-state index in [1.54, 1.807) is 7.05 Å². The number of sulfonamides is 1. The summed E-state index contributed by atoms with van der Waals surface area (Å²) >= 11 is 0. The van der Waals surface area contributed by atoms with Gasteiger partial charge < -0.3 is 5.73 Å². The highest BCUT2D eigenvalue weighted by molar-refractivity contribution is 7.92. The largest absolute Gasteiger partial charge is 0.394 e. The van der Waals surface area contributed by atoms with Gasteiger partial charge in [-0.25, -0.2) is 12.8 Å². The maximum atomic E-state index is 13.3. The summed E-state index contributed by atoms with van der Waals surface area (Å²) in [5.74, 6) is -0.299. The Morgan fingerprint density at radius 2 is 1.85 bits per heavy atom. The van der Waals surface area contributed by atoms with Gasteiger partial charge in [-0.05, 0) is 37.1 Å². The van der Waals surface area contributed by atoms with Crippen LogP contribution in [0.15, 0.2) is 23.2 Å². The second-order valence-corrected chi connectivity index (χ2v) is 6.17. The molecule has 0 unspecified atom stereocenters. The molecule has 0 spiro atoms. The summed E-state index contributed by atoms with van der Waals surface area (Å²) in [5.41, 5.74) is 6.53. The van der Waals surface area contributed by atoms with E-state index >= 15 is 0 Å². The maximum Gasteiger partial charge on any atom is 0.263 e. The predicted molar refractivity (Wildman–Crippen MR) is 74.3 cm³/mol. The average Bonchev–Trinajstić information content (AvgIpc) is 2.58. The fraction of sp³-hybridized carbons (Fsp3) is 0.250. The van der Waals surface area contributed by atoms with Gasteiger partial charge in [-0.3, -0.25) is 9.40 Å². The van der Waals surface area contributed by atoms with Gasteiger partial charge >= 0.3 is 0 Å². The lowest BCUT2D eigenvalue weighted by Gasteiger charge is -2.13. The van der Waals surface area contributed by atoms with E-state index in [9.17, 15) is 12.8 Å². The number of nitrogen functional groups attached to an aromatic ring is 1. The van der Waals surface area contributed by atoms with Gasteiger partial charge in [0.25, 0.3) is 10.0 Å². The van der Waals surface area contributed by atoms with Gasteiger partial charge in [-0.15, -0.1) is 0 Å². The molecule has 0 aliphatic rings. The monoisotopic (exact) mass is 298 g/mol. The molecule has 1 aromatic carbocycles. The molecule has 1 heterocycles. The molecule has 0 saturated heterocycles. The number of benzene rings is 1. The number of nitrogens with zero attached hydrogens (tertiary/aromatic N) is 2. The first-order valence-corrected chi connectivity index (χ1v) is 7.27. The lowest BCUT2D eigenvalue weighted by molar-refractivity contribution is 0.596. The van der Waals surface area contributed by atoms with Crippen LogP contribution in [0.3, 0.4) is 0 Å². The zero-order valence-corrected chi connectivity index (χ0v) is 12.1. The predicted octanol–water partition coefficient (Wildman–Crippen LogP) is 1.56. The minimum absolute atomic E-state index is 0.0412. The van der Waals surface area contributed by atoms with Crippen molar-refractivity contribution in [1.29, 1.82) is 0 Å². The first kappa shape index (κ1) is 14.3. The Kier molecular flexibility index (Phi) is 3.43. The van der Waals surface area contributed by atoms with Crippen molar-refractivity contribution in [3.8, 4) is 0 Å². The third-order valence-electron chi connectivity index (χ3n) is 2.89. The van der Waals surface area contributed by atoms with Crippen molar-refractivity contribution in [2.45, 2.75) is 18.7 Å². The highest BCUT2D eigenvalue weighted by Crippen LogP contribution is 2.26. The summed E-state index contributed by atoms with van der Waals surface area (Å²) in [6.07, 6.45) is 1.35. The average molecular weight is 298 g/mol. The van der Waals surface area contributed by atoms with Crippen molar-refractivity contribution in [3.63, 3.8) is 0 Å². The van der Waals surface area contributed by atoms with Crippen LogP contribution in [0, 0.1) is 19.7 Å². The van der Waals surface area contributed by atoms with E-state index in [1.165, 1.54) is 36.9 Å². The van der Waals surface area contributed by atoms with E-state index in [-0.39, 0.29) is 16.4 Å². The minimum Gasteiger partial charge on any atom is -0.394 e. The molecular weight excluding hydrogens is 283 g/mol. The van der Waals surface area contributed by atoms with Gasteiger partial charge in [0.2, 0.25) is 0 Å². The minimum atomic E-state index is -3.86. The number of aryl methyl sites for hydroxylation is 3. The third-order valence-corrected chi connectivity index (χ3v) is 4.54. The molecule has 2 aromatic rings. The molecule has 0 amide bonds. The number of nitrogens with two attached hydrogens (primary N) is 1. The number of halogens is 1. The van der Waals surface area contributed by atoms with E-state index in [0.717, 1.165) is 0 Å². The standard InChI is InChI=1S/C12H15FN4O2S/c1-7-4-9(13)5-8(2)11(7)20(18,19)16-12-10(14)6-15-17(12)3/h4-6,16H,14H2,1-3H3. The number of hydrogen-bond donors (Lipinski definition) is 2. The number of anilines is 2. The fourth-order valence-electron chi connectivity index (χ4n) is 2.08. The Bertz CT molecular complexity index is 725. The molecule has 2 rings (SSSR count). The van der Waals surface area contributed by atoms with E-state index in [0.29, 0.717) is 11.1 Å². The van der Waals surface area contributed by atoms with Crippen molar-refractivity contribution in [2.75, 3.05) is 10.5 Å². The van der Waals surface area contributed by atoms with E-state index < -0.39 is 15.8 Å². The van der Waals surface area contributed by atoms with Gasteiger partial charge in [0, 0.05) is 7.05 Å². The van der Waals surface area contributed by atoms with Crippen LogP contribution >= 0.6 is 0 Å². The molecule has 108 valence electrons. The number of aromatic nitrogens is 2. The second kappa shape index (κ2) is 4.78. The molecule has 8 heteroatoms. The molecule has 0 atom stereocenters. The topological polar surface area (TPSA) is 90.0 Å². The summed E-state index contributed by atoms with van der Waals surface area (Å²) in [4.78, 5) is 0.0412. The normalized spacial score (nSPS) is 11.6. The highest BCUT2D eigenvalue weighted by atomic mass is 32.2. The van der Waals surface area contributed by atoms with Gasteiger partial charge in [-0.1, -0.05) is 0 Å². The number of hydrogen-bond acceptors (Lipinski definition) is 4. The van der Waals surface area contributed by atoms with Crippen LogP contribution in [-0.2, 0) is 17.1 Å². The van der Waals surface area contributed by atoms with E-state index in [1.807, 2.05) is 0 Å². The van der Waals surface area contributed by atoms with Crippen LogP contribution in [0.5, 0.6) is 0 Å². The summed E-state index contributed by atoms with van der Waals surface area (Å²) < 4.78 is 41.8. The quantitative estimate of drug-likeness (QED) is 0.899. The van der Waals surface area contributed by atoms with Gasteiger partial charge in [0.1, 0.15) is 5.82 Å². The maximum absolute atomic E-state index is 13.3. The zero-order valence-electron chi connectivity index (χ0n) is 11.3. The molecule has 0 fully saturated rings. The molecule has 0 saturated carbocycles. The lowest BCUT2D eigenvalue weighted by atomic mass is 10.1. The number of nitrogens with one attached hydrogen (secondary N) is 1.